The zero-order valence-electron chi connectivity index (χ0n) is 30.0. The van der Waals surface area contributed by atoms with Gasteiger partial charge in [-0.3, -0.25) is 9.78 Å². The number of carbonyl (C=O) groups excluding carboxylic acids is 1. The number of anilines is 1. The van der Waals surface area contributed by atoms with Crippen LogP contribution in [-0.4, -0.2) is 38.4 Å². The quantitative estimate of drug-likeness (QED) is 0.0964. The first-order valence-corrected chi connectivity index (χ1v) is 17.5. The van der Waals surface area contributed by atoms with E-state index in [4.69, 9.17) is 0 Å². The number of nitrogens with zero attached hydrogens (tertiary/aromatic N) is 3. The van der Waals surface area contributed by atoms with Crippen LogP contribution >= 0.6 is 0 Å². The lowest BCUT2D eigenvalue weighted by Crippen LogP contribution is -2.44. The Bertz CT molecular complexity index is 1870. The van der Waals surface area contributed by atoms with Crippen molar-refractivity contribution in [1.29, 1.82) is 0 Å². The highest BCUT2D eigenvalue weighted by molar-refractivity contribution is 6.03. The highest BCUT2D eigenvalue weighted by atomic mass is 19.4. The number of aromatic nitrogens is 3. The van der Waals surface area contributed by atoms with Crippen LogP contribution in [0.3, 0.4) is 0 Å². The standard InChI is InChI=1S/C39H46F4N6O3/c1-24(2)16-19-45-38(17-15-25-11-12-25,28-9-7-18-44-23-28)27-13-14-30(40)31(21-27)46-35(50)32-22-33(39(41,42)43)48-49(32)29-10-6-8-26(20-29)34(37(3,4)5)47-36(51)52/h6-10,13-14,18,20-25,34,45,47H,11-12,15-17,19H2,1-5H3,(H,46,50)(H,51,52). The summed E-state index contributed by atoms with van der Waals surface area (Å²) in [5.41, 5.74) is -1.33. The monoisotopic (exact) mass is 722 g/mol. The van der Waals surface area contributed by atoms with Crippen LogP contribution in [0.5, 0.6) is 0 Å². The largest absolute Gasteiger partial charge is 0.465 e. The number of hydrogen-bond donors (Lipinski definition) is 4. The Labute approximate surface area is 301 Å². The Balaban J connectivity index is 1.56. The van der Waals surface area contributed by atoms with Crippen molar-refractivity contribution in [3.05, 3.63) is 107 Å². The number of carboxylic acid groups (broad SMARTS) is 1. The predicted octanol–water partition coefficient (Wildman–Crippen LogP) is 9.10. The third-order valence-corrected chi connectivity index (χ3v) is 9.45. The molecule has 0 spiro atoms. The van der Waals surface area contributed by atoms with E-state index in [0.29, 0.717) is 42.0 Å². The van der Waals surface area contributed by atoms with Crippen LogP contribution in [0.25, 0.3) is 5.69 Å². The van der Waals surface area contributed by atoms with E-state index < -0.39 is 52.4 Å². The number of nitrogens with one attached hydrogen (secondary N) is 3. The summed E-state index contributed by atoms with van der Waals surface area (Å²) in [6.07, 6.45) is 2.05. The summed E-state index contributed by atoms with van der Waals surface area (Å²) in [5, 5.41) is 21.9. The lowest BCUT2D eigenvalue weighted by atomic mass is 9.78. The van der Waals surface area contributed by atoms with Crippen LogP contribution in [0.15, 0.2) is 73.1 Å². The van der Waals surface area contributed by atoms with Gasteiger partial charge in [0.15, 0.2) is 5.69 Å². The van der Waals surface area contributed by atoms with Crippen LogP contribution in [0.1, 0.15) is 106 Å². The molecule has 4 N–H and O–H groups in total. The van der Waals surface area contributed by atoms with Crippen molar-refractivity contribution in [3.8, 4) is 5.69 Å². The van der Waals surface area contributed by atoms with Gasteiger partial charge in [-0.2, -0.15) is 18.3 Å². The third kappa shape index (κ3) is 9.17. The molecule has 2 aromatic carbocycles. The van der Waals surface area contributed by atoms with Gasteiger partial charge in [0.05, 0.1) is 23.0 Å². The number of carbonyl (C=O) groups is 2. The van der Waals surface area contributed by atoms with Crippen LogP contribution in [0, 0.1) is 23.1 Å². The Morgan fingerprint density at radius 1 is 1.00 bits per heavy atom. The maximum absolute atomic E-state index is 15.6. The lowest BCUT2D eigenvalue weighted by molar-refractivity contribution is -0.141. The molecule has 0 bridgehead atoms. The number of amides is 2. The van der Waals surface area contributed by atoms with E-state index in [1.165, 1.54) is 24.3 Å². The van der Waals surface area contributed by atoms with Crippen molar-refractivity contribution in [3.63, 3.8) is 0 Å². The van der Waals surface area contributed by atoms with Crippen molar-refractivity contribution < 1.29 is 32.3 Å². The average molecular weight is 723 g/mol. The van der Waals surface area contributed by atoms with Gasteiger partial charge >= 0.3 is 12.3 Å². The first kappa shape index (κ1) is 38.5. The molecule has 1 aliphatic carbocycles. The molecule has 1 fully saturated rings. The summed E-state index contributed by atoms with van der Waals surface area (Å²) in [4.78, 5) is 29.9. The molecule has 2 amide bonds. The third-order valence-electron chi connectivity index (χ3n) is 9.45. The first-order chi connectivity index (χ1) is 24.5. The Kier molecular flexibility index (Phi) is 11.4. The number of halogens is 4. The van der Waals surface area contributed by atoms with E-state index >= 15 is 4.39 Å². The molecule has 278 valence electrons. The Morgan fingerprint density at radius 3 is 2.37 bits per heavy atom. The molecule has 52 heavy (non-hydrogen) atoms. The molecular formula is C39H46F4N6O3. The molecular weight excluding hydrogens is 676 g/mol. The fraction of sp³-hybridized carbons (Fsp3) is 0.436. The molecule has 2 atom stereocenters. The fourth-order valence-corrected chi connectivity index (χ4v) is 6.47. The number of benzene rings is 2. The normalized spacial score (nSPS) is 15.3. The van der Waals surface area contributed by atoms with Gasteiger partial charge in [0.2, 0.25) is 0 Å². The molecule has 4 aromatic rings. The summed E-state index contributed by atoms with van der Waals surface area (Å²) < 4.78 is 58.5. The minimum Gasteiger partial charge on any atom is -0.465 e. The number of rotatable bonds is 14. The highest BCUT2D eigenvalue weighted by Crippen LogP contribution is 2.42. The maximum atomic E-state index is 15.6. The maximum Gasteiger partial charge on any atom is 0.435 e. The minimum atomic E-state index is -4.89. The van der Waals surface area contributed by atoms with Crippen molar-refractivity contribution in [2.75, 3.05) is 11.9 Å². The van der Waals surface area contributed by atoms with E-state index in [0.717, 1.165) is 35.9 Å². The van der Waals surface area contributed by atoms with E-state index in [1.54, 1.807) is 30.6 Å². The van der Waals surface area contributed by atoms with Crippen LogP contribution in [0.2, 0.25) is 0 Å². The predicted molar refractivity (Wildman–Crippen MR) is 191 cm³/mol. The molecule has 0 saturated heterocycles. The molecule has 2 aromatic heterocycles. The second kappa shape index (κ2) is 15.4. The van der Waals surface area contributed by atoms with Gasteiger partial charge in [-0.15, -0.1) is 0 Å². The molecule has 2 heterocycles. The lowest BCUT2D eigenvalue weighted by Gasteiger charge is -2.37. The number of hydrogen-bond acceptors (Lipinski definition) is 5. The molecule has 1 aliphatic rings. The van der Waals surface area contributed by atoms with Gasteiger partial charge in [-0.05, 0) is 90.1 Å². The highest BCUT2D eigenvalue weighted by Gasteiger charge is 2.38. The van der Waals surface area contributed by atoms with Gasteiger partial charge in [-0.25, -0.2) is 13.9 Å². The van der Waals surface area contributed by atoms with E-state index in [9.17, 15) is 27.9 Å². The van der Waals surface area contributed by atoms with E-state index in [-0.39, 0.29) is 11.4 Å². The molecule has 13 heteroatoms. The average Bonchev–Trinajstić information content (AvgIpc) is 3.79. The topological polar surface area (TPSA) is 121 Å². The van der Waals surface area contributed by atoms with E-state index in [1.807, 2.05) is 32.9 Å². The summed E-state index contributed by atoms with van der Waals surface area (Å²) in [6.45, 7) is 10.4. The molecule has 2 unspecified atom stereocenters. The number of alkyl halides is 3. The molecule has 0 radical (unpaired) electrons. The SMILES string of the molecule is CC(C)CCNC(CCC1CC1)(c1cccnc1)c1ccc(F)c(NC(=O)c2cc(C(F)(F)F)nn2-c2cccc(C(NC(=O)O)C(C)(C)C)c2)c1. The zero-order chi connectivity index (χ0) is 37.8. The second-order valence-corrected chi connectivity index (χ2v) is 15.1. The van der Waals surface area contributed by atoms with Crippen molar-refractivity contribution >= 4 is 17.7 Å². The summed E-state index contributed by atoms with van der Waals surface area (Å²) in [7, 11) is 0. The van der Waals surface area contributed by atoms with Crippen molar-refractivity contribution in [1.82, 2.24) is 25.4 Å². The van der Waals surface area contributed by atoms with Crippen molar-refractivity contribution in [2.24, 2.45) is 17.3 Å². The molecule has 0 aliphatic heterocycles. The van der Waals surface area contributed by atoms with Crippen molar-refractivity contribution in [2.45, 2.75) is 84.5 Å². The van der Waals surface area contributed by atoms with Gasteiger partial charge in [0.25, 0.3) is 5.91 Å². The van der Waals surface area contributed by atoms with Crippen LogP contribution < -0.4 is 16.0 Å². The van der Waals surface area contributed by atoms with Gasteiger partial charge in [-0.1, -0.05) is 71.7 Å². The number of pyridine rings is 1. The van der Waals surface area contributed by atoms with Gasteiger partial charge < -0.3 is 21.1 Å². The fourth-order valence-electron chi connectivity index (χ4n) is 6.47. The van der Waals surface area contributed by atoms with Gasteiger partial charge in [0, 0.05) is 18.5 Å². The van der Waals surface area contributed by atoms with Gasteiger partial charge in [0.1, 0.15) is 11.5 Å². The Morgan fingerprint density at radius 2 is 1.75 bits per heavy atom. The summed E-state index contributed by atoms with van der Waals surface area (Å²) in [6, 6.07) is 14.2. The first-order valence-electron chi connectivity index (χ1n) is 17.5. The second-order valence-electron chi connectivity index (χ2n) is 15.1. The smallest absolute Gasteiger partial charge is 0.435 e. The van der Waals surface area contributed by atoms with Crippen LogP contribution in [-0.2, 0) is 11.7 Å². The minimum absolute atomic E-state index is 0.0823. The molecule has 9 nitrogen and oxygen atoms in total. The van der Waals surface area contributed by atoms with Crippen LogP contribution in [0.4, 0.5) is 28.0 Å². The summed E-state index contributed by atoms with van der Waals surface area (Å²) >= 11 is 0. The van der Waals surface area contributed by atoms with E-state index in [2.05, 4.69) is 39.9 Å². The Hall–Kier alpha value is -4.78. The molecule has 5 rings (SSSR count). The zero-order valence-corrected chi connectivity index (χ0v) is 30.0. The summed E-state index contributed by atoms with van der Waals surface area (Å²) in [5.74, 6) is -0.773. The molecule has 1 saturated carbocycles.